The van der Waals surface area contributed by atoms with Gasteiger partial charge in [0.25, 0.3) is 5.91 Å². The number of sulfonamides is 1. The van der Waals surface area contributed by atoms with Crippen LogP contribution >= 0.6 is 11.6 Å². The molecule has 2 aliphatic heterocycles. The molecule has 1 amide bonds. The van der Waals surface area contributed by atoms with Crippen LogP contribution in [0.2, 0.25) is 5.02 Å². The van der Waals surface area contributed by atoms with Crippen molar-refractivity contribution in [3.05, 3.63) is 53.1 Å². The number of anilines is 2. The van der Waals surface area contributed by atoms with Crippen LogP contribution in [0.3, 0.4) is 0 Å². The molecule has 0 unspecified atom stereocenters. The van der Waals surface area contributed by atoms with Crippen molar-refractivity contribution in [3.8, 4) is 5.75 Å². The number of hydrogen-bond acceptors (Lipinski definition) is 5. The first-order valence-electron chi connectivity index (χ1n) is 9.77. The number of nitrogens with zero attached hydrogens (tertiary/aromatic N) is 3. The Hall–Kier alpha value is -2.45. The van der Waals surface area contributed by atoms with Gasteiger partial charge in [0.05, 0.1) is 18.5 Å². The quantitative estimate of drug-likeness (QED) is 0.720. The zero-order chi connectivity index (χ0) is 21.5. The zero-order valence-electron chi connectivity index (χ0n) is 16.9. The van der Waals surface area contributed by atoms with Gasteiger partial charge >= 0.3 is 0 Å². The molecule has 1 atom stereocenters. The lowest BCUT2D eigenvalue weighted by molar-refractivity contribution is -0.138. The van der Waals surface area contributed by atoms with Crippen LogP contribution in [0, 0.1) is 6.92 Å². The van der Waals surface area contributed by atoms with Crippen molar-refractivity contribution in [2.45, 2.75) is 13.0 Å². The third-order valence-electron chi connectivity index (χ3n) is 5.51. The average Bonchev–Trinajstić information content (AvgIpc) is 2.73. The third kappa shape index (κ3) is 4.06. The number of ether oxygens (including phenoxy) is 1. The molecule has 1 fully saturated rings. The summed E-state index contributed by atoms with van der Waals surface area (Å²) in [5, 5.41) is 0.684. The van der Waals surface area contributed by atoms with Gasteiger partial charge in [-0.15, -0.1) is 0 Å². The van der Waals surface area contributed by atoms with E-state index in [0.717, 1.165) is 17.5 Å². The van der Waals surface area contributed by atoms with Crippen molar-refractivity contribution in [3.63, 3.8) is 0 Å². The lowest BCUT2D eigenvalue weighted by Gasteiger charge is -2.40. The van der Waals surface area contributed by atoms with Crippen molar-refractivity contribution in [2.75, 3.05) is 48.2 Å². The maximum Gasteiger partial charge on any atom is 0.265 e. The minimum absolute atomic E-state index is 0.0255. The summed E-state index contributed by atoms with van der Waals surface area (Å²) in [4.78, 5) is 17.1. The molecular formula is C21H24ClN3O4S. The molecule has 7 nitrogen and oxygen atoms in total. The number of amides is 1. The van der Waals surface area contributed by atoms with Gasteiger partial charge in [-0.05, 0) is 36.8 Å². The van der Waals surface area contributed by atoms with E-state index in [-0.39, 0.29) is 12.5 Å². The summed E-state index contributed by atoms with van der Waals surface area (Å²) in [5.41, 5.74) is 2.67. The second-order valence-electron chi connectivity index (χ2n) is 7.61. The highest BCUT2D eigenvalue weighted by molar-refractivity contribution is 7.92. The number of halogens is 1. The minimum Gasteiger partial charge on any atom is -0.476 e. The lowest BCUT2D eigenvalue weighted by Crippen LogP contribution is -2.56. The highest BCUT2D eigenvalue weighted by Crippen LogP contribution is 2.35. The van der Waals surface area contributed by atoms with E-state index in [9.17, 15) is 13.2 Å². The molecular weight excluding hydrogens is 426 g/mol. The van der Waals surface area contributed by atoms with E-state index in [4.69, 9.17) is 16.3 Å². The van der Waals surface area contributed by atoms with E-state index in [1.54, 1.807) is 29.2 Å². The number of aryl methyl sites for hydroxylation is 1. The Bertz CT molecular complexity index is 1070. The summed E-state index contributed by atoms with van der Waals surface area (Å²) in [6.07, 6.45) is 0.275. The third-order valence-corrected chi connectivity index (χ3v) is 6.90. The molecule has 0 spiro atoms. The summed E-state index contributed by atoms with van der Waals surface area (Å²) in [6, 6.07) is 12.7. The first-order valence-corrected chi connectivity index (χ1v) is 12.0. The molecule has 2 aromatic carbocycles. The normalized spacial score (nSPS) is 19.3. The monoisotopic (exact) mass is 449 g/mol. The highest BCUT2D eigenvalue weighted by atomic mass is 35.5. The van der Waals surface area contributed by atoms with E-state index in [1.165, 1.54) is 4.31 Å². The van der Waals surface area contributed by atoms with Crippen LogP contribution in [0.15, 0.2) is 42.5 Å². The van der Waals surface area contributed by atoms with E-state index >= 15 is 0 Å². The molecule has 30 heavy (non-hydrogen) atoms. The zero-order valence-corrected chi connectivity index (χ0v) is 18.5. The number of hydrogen-bond donors (Lipinski definition) is 0. The maximum atomic E-state index is 13.1. The van der Waals surface area contributed by atoms with Crippen molar-refractivity contribution in [1.29, 1.82) is 0 Å². The topological polar surface area (TPSA) is 70.2 Å². The summed E-state index contributed by atoms with van der Waals surface area (Å²) < 4.78 is 31.7. The molecule has 0 aromatic heterocycles. The Kier molecular flexibility index (Phi) is 5.55. The van der Waals surface area contributed by atoms with Gasteiger partial charge in [-0.1, -0.05) is 29.8 Å². The van der Waals surface area contributed by atoms with E-state index < -0.39 is 16.1 Å². The molecule has 1 saturated heterocycles. The molecule has 2 aromatic rings. The number of fused-ring (bicyclic) bond motifs is 1. The van der Waals surface area contributed by atoms with Crippen molar-refractivity contribution in [1.82, 2.24) is 4.90 Å². The molecule has 0 bridgehead atoms. The summed E-state index contributed by atoms with van der Waals surface area (Å²) in [6.45, 7) is 4.42. The van der Waals surface area contributed by atoms with Gasteiger partial charge in [-0.2, -0.15) is 0 Å². The first kappa shape index (κ1) is 20.8. The molecule has 0 aliphatic carbocycles. The summed E-state index contributed by atoms with van der Waals surface area (Å²) in [7, 11) is -3.53. The van der Waals surface area contributed by atoms with E-state index in [1.807, 2.05) is 25.1 Å². The number of piperazine rings is 1. The average molecular weight is 450 g/mol. The number of carbonyl (C=O) groups excluding carboxylic acids is 1. The minimum atomic E-state index is -3.53. The van der Waals surface area contributed by atoms with Gasteiger partial charge in [0.15, 0.2) is 6.10 Å². The van der Waals surface area contributed by atoms with E-state index in [0.29, 0.717) is 42.6 Å². The summed E-state index contributed by atoms with van der Waals surface area (Å²) in [5.74, 6) is 0.210. The second kappa shape index (κ2) is 8.00. The van der Waals surface area contributed by atoms with Gasteiger partial charge in [-0.3, -0.25) is 9.10 Å². The Morgan fingerprint density at radius 1 is 1.07 bits per heavy atom. The largest absolute Gasteiger partial charge is 0.476 e. The predicted octanol–water partition coefficient (Wildman–Crippen LogP) is 2.52. The van der Waals surface area contributed by atoms with Gasteiger partial charge in [-0.25, -0.2) is 8.42 Å². The van der Waals surface area contributed by atoms with Crippen molar-refractivity contribution in [2.24, 2.45) is 0 Å². The van der Waals surface area contributed by atoms with Crippen LogP contribution < -0.4 is 13.9 Å². The van der Waals surface area contributed by atoms with Crippen LogP contribution in [-0.2, 0) is 14.8 Å². The first-order chi connectivity index (χ1) is 14.2. The number of rotatable bonds is 3. The van der Waals surface area contributed by atoms with Crippen LogP contribution in [0.25, 0.3) is 0 Å². The molecule has 160 valence electrons. The SMILES string of the molecule is Cc1ccc(Cl)cc1N1CCN(C(=O)[C@H]2CN(S(C)(=O)=O)c3ccccc3O2)CC1. The van der Waals surface area contributed by atoms with Crippen LogP contribution in [0.1, 0.15) is 5.56 Å². The van der Waals surface area contributed by atoms with E-state index in [2.05, 4.69) is 4.90 Å². The van der Waals surface area contributed by atoms with Gasteiger partial charge < -0.3 is 14.5 Å². The molecule has 4 rings (SSSR count). The Labute approximate surface area is 181 Å². The molecule has 2 aliphatic rings. The number of carbonyl (C=O) groups is 1. The number of benzene rings is 2. The van der Waals surface area contributed by atoms with Crippen molar-refractivity contribution >= 4 is 38.9 Å². The molecule has 9 heteroatoms. The lowest BCUT2D eigenvalue weighted by atomic mass is 10.1. The second-order valence-corrected chi connectivity index (χ2v) is 9.95. The Morgan fingerprint density at radius 2 is 1.77 bits per heavy atom. The van der Waals surface area contributed by atoms with Crippen LogP contribution in [0.4, 0.5) is 11.4 Å². The fourth-order valence-electron chi connectivity index (χ4n) is 3.94. The van der Waals surface area contributed by atoms with Crippen molar-refractivity contribution < 1.29 is 17.9 Å². The summed E-state index contributed by atoms with van der Waals surface area (Å²) >= 11 is 6.15. The Morgan fingerprint density at radius 3 is 2.47 bits per heavy atom. The van der Waals surface area contributed by atoms with Gasteiger partial charge in [0, 0.05) is 36.9 Å². The molecule has 0 saturated carbocycles. The Balaban J connectivity index is 1.48. The standard InChI is InChI=1S/C21H24ClN3O4S/c1-15-7-8-16(22)13-18(15)23-9-11-24(12-10-23)21(26)20-14-25(30(2,27)28)17-5-3-4-6-19(17)29-20/h3-8,13,20H,9-12,14H2,1-2H3/t20-/m1/s1. The smallest absolute Gasteiger partial charge is 0.265 e. The highest BCUT2D eigenvalue weighted by Gasteiger charge is 2.37. The maximum absolute atomic E-state index is 13.1. The number of para-hydroxylation sites is 2. The molecule has 2 heterocycles. The molecule has 0 radical (unpaired) electrons. The van der Waals surface area contributed by atoms with Crippen LogP contribution in [0.5, 0.6) is 5.75 Å². The van der Waals surface area contributed by atoms with Gasteiger partial charge in [0.2, 0.25) is 10.0 Å². The predicted molar refractivity (Wildman–Crippen MR) is 118 cm³/mol. The molecule has 0 N–H and O–H groups in total. The fraction of sp³-hybridized carbons (Fsp3) is 0.381. The van der Waals surface area contributed by atoms with Crippen LogP contribution in [-0.4, -0.2) is 64.3 Å². The fourth-order valence-corrected chi connectivity index (χ4v) is 5.02. The van der Waals surface area contributed by atoms with Gasteiger partial charge in [0.1, 0.15) is 5.75 Å².